The van der Waals surface area contributed by atoms with Crippen LogP contribution in [0.3, 0.4) is 0 Å². The predicted octanol–water partition coefficient (Wildman–Crippen LogP) is 0.853. The fourth-order valence-electron chi connectivity index (χ4n) is 3.87. The van der Waals surface area contributed by atoms with Crippen LogP contribution >= 0.6 is 0 Å². The maximum Gasteiger partial charge on any atom is 0.236 e. The standard InChI is InChI=1S/C20H31N3O3/c1-17-4-2-5-18(14-17)22-12-10-21(11-13-22)15-19(25)23-8-3-6-20(26,16-24)7-9-23/h2,4-5,14,24,26H,3,6-13,15-16H2,1H3/t20-/m0/s1. The highest BCUT2D eigenvalue weighted by Crippen LogP contribution is 2.22. The molecule has 6 heteroatoms. The van der Waals surface area contributed by atoms with Crippen LogP contribution < -0.4 is 4.90 Å². The van der Waals surface area contributed by atoms with Crippen LogP contribution in [0.4, 0.5) is 5.69 Å². The van der Waals surface area contributed by atoms with Crippen molar-refractivity contribution in [3.63, 3.8) is 0 Å². The lowest BCUT2D eigenvalue weighted by molar-refractivity contribution is -0.132. The SMILES string of the molecule is Cc1cccc(N2CCN(CC(=O)N3CCC[C@@](O)(CO)CC3)CC2)c1. The van der Waals surface area contributed by atoms with Gasteiger partial charge >= 0.3 is 0 Å². The first-order valence-corrected chi connectivity index (χ1v) is 9.64. The lowest BCUT2D eigenvalue weighted by atomic mass is 9.96. The topological polar surface area (TPSA) is 67.2 Å². The summed E-state index contributed by atoms with van der Waals surface area (Å²) in [6.45, 7) is 7.15. The third-order valence-corrected chi connectivity index (χ3v) is 5.66. The van der Waals surface area contributed by atoms with Gasteiger partial charge in [-0.05, 0) is 43.9 Å². The van der Waals surface area contributed by atoms with Crippen LogP contribution in [-0.4, -0.2) is 83.9 Å². The first-order valence-electron chi connectivity index (χ1n) is 9.64. The molecule has 0 bridgehead atoms. The van der Waals surface area contributed by atoms with Crippen LogP contribution in [0, 0.1) is 6.92 Å². The minimum absolute atomic E-state index is 0.135. The molecule has 3 rings (SSSR count). The molecule has 0 aliphatic carbocycles. The van der Waals surface area contributed by atoms with Gasteiger partial charge in [0.2, 0.25) is 5.91 Å². The van der Waals surface area contributed by atoms with Crippen molar-refractivity contribution in [1.82, 2.24) is 9.80 Å². The van der Waals surface area contributed by atoms with Gasteiger partial charge in [0, 0.05) is 45.0 Å². The summed E-state index contributed by atoms with van der Waals surface area (Å²) in [7, 11) is 0. The Bertz CT molecular complexity index is 616. The smallest absolute Gasteiger partial charge is 0.236 e. The Morgan fingerprint density at radius 3 is 2.58 bits per heavy atom. The van der Waals surface area contributed by atoms with Gasteiger partial charge < -0.3 is 20.0 Å². The first kappa shape index (κ1) is 19.1. The molecule has 2 aliphatic heterocycles. The average Bonchev–Trinajstić information content (AvgIpc) is 2.85. The molecule has 2 saturated heterocycles. The molecule has 0 saturated carbocycles. The summed E-state index contributed by atoms with van der Waals surface area (Å²) in [5.41, 5.74) is 1.50. The Balaban J connectivity index is 1.47. The van der Waals surface area contributed by atoms with E-state index in [2.05, 4.69) is 41.0 Å². The number of hydrogen-bond acceptors (Lipinski definition) is 5. The molecule has 1 aromatic rings. The predicted molar refractivity (Wildman–Crippen MR) is 102 cm³/mol. The van der Waals surface area contributed by atoms with E-state index in [1.54, 1.807) is 0 Å². The van der Waals surface area contributed by atoms with Gasteiger partial charge in [0.1, 0.15) is 0 Å². The summed E-state index contributed by atoms with van der Waals surface area (Å²) >= 11 is 0. The number of rotatable bonds is 4. The van der Waals surface area contributed by atoms with Crippen molar-refractivity contribution in [1.29, 1.82) is 0 Å². The van der Waals surface area contributed by atoms with Crippen molar-refractivity contribution in [2.45, 2.75) is 31.8 Å². The molecule has 1 atom stereocenters. The average molecular weight is 361 g/mol. The molecule has 0 radical (unpaired) electrons. The van der Waals surface area contributed by atoms with Gasteiger partial charge in [0.15, 0.2) is 0 Å². The molecule has 2 fully saturated rings. The molecule has 26 heavy (non-hydrogen) atoms. The number of piperazine rings is 1. The second-order valence-electron chi connectivity index (χ2n) is 7.72. The van der Waals surface area contributed by atoms with Crippen LogP contribution in [0.2, 0.25) is 0 Å². The molecule has 2 aliphatic rings. The van der Waals surface area contributed by atoms with Crippen molar-refractivity contribution in [3.05, 3.63) is 29.8 Å². The van der Waals surface area contributed by atoms with E-state index in [4.69, 9.17) is 0 Å². The number of amides is 1. The molecule has 0 aromatic heterocycles. The van der Waals surface area contributed by atoms with E-state index in [-0.39, 0.29) is 12.5 Å². The Labute approximate surface area is 156 Å². The quantitative estimate of drug-likeness (QED) is 0.832. The van der Waals surface area contributed by atoms with Crippen molar-refractivity contribution < 1.29 is 15.0 Å². The molecular weight excluding hydrogens is 330 g/mol. The molecule has 2 heterocycles. The Morgan fingerprint density at radius 1 is 1.12 bits per heavy atom. The summed E-state index contributed by atoms with van der Waals surface area (Å²) in [6.07, 6.45) is 1.75. The molecule has 1 aromatic carbocycles. The van der Waals surface area contributed by atoms with E-state index < -0.39 is 5.60 Å². The number of nitrogens with zero attached hydrogens (tertiary/aromatic N) is 3. The number of carbonyl (C=O) groups excluding carboxylic acids is 1. The summed E-state index contributed by atoms with van der Waals surface area (Å²) in [4.78, 5) is 19.1. The van der Waals surface area contributed by atoms with E-state index in [0.717, 1.165) is 32.6 Å². The minimum Gasteiger partial charge on any atom is -0.393 e. The number of aliphatic hydroxyl groups is 2. The van der Waals surface area contributed by atoms with E-state index in [1.807, 2.05) is 4.90 Å². The molecule has 6 nitrogen and oxygen atoms in total. The van der Waals surface area contributed by atoms with Gasteiger partial charge in [0.25, 0.3) is 0 Å². The highest BCUT2D eigenvalue weighted by atomic mass is 16.3. The number of aryl methyl sites for hydroxylation is 1. The Hall–Kier alpha value is -1.63. The van der Waals surface area contributed by atoms with Crippen LogP contribution in [0.1, 0.15) is 24.8 Å². The number of likely N-dealkylation sites (tertiary alicyclic amines) is 1. The highest BCUT2D eigenvalue weighted by Gasteiger charge is 2.31. The number of benzene rings is 1. The second-order valence-corrected chi connectivity index (χ2v) is 7.72. The van der Waals surface area contributed by atoms with E-state index in [0.29, 0.717) is 32.5 Å². The molecular formula is C20H31N3O3. The molecule has 2 N–H and O–H groups in total. The summed E-state index contributed by atoms with van der Waals surface area (Å²) in [5.74, 6) is 0.135. The fourth-order valence-corrected chi connectivity index (χ4v) is 3.87. The largest absolute Gasteiger partial charge is 0.393 e. The van der Waals surface area contributed by atoms with E-state index in [9.17, 15) is 15.0 Å². The van der Waals surface area contributed by atoms with Crippen molar-refractivity contribution in [2.24, 2.45) is 0 Å². The Kier molecular flexibility index (Phi) is 6.16. The van der Waals surface area contributed by atoms with Crippen LogP contribution in [0.25, 0.3) is 0 Å². The van der Waals surface area contributed by atoms with Gasteiger partial charge in [-0.2, -0.15) is 0 Å². The monoisotopic (exact) mass is 361 g/mol. The van der Waals surface area contributed by atoms with Gasteiger partial charge in [-0.3, -0.25) is 9.69 Å². The van der Waals surface area contributed by atoms with E-state index in [1.165, 1.54) is 11.3 Å². The summed E-state index contributed by atoms with van der Waals surface area (Å²) in [5, 5.41) is 19.6. The maximum absolute atomic E-state index is 12.6. The highest BCUT2D eigenvalue weighted by molar-refractivity contribution is 5.78. The zero-order valence-corrected chi connectivity index (χ0v) is 15.7. The summed E-state index contributed by atoms with van der Waals surface area (Å²) < 4.78 is 0. The third kappa shape index (κ3) is 4.75. The molecule has 0 spiro atoms. The lowest BCUT2D eigenvalue weighted by Crippen LogP contribution is -2.50. The lowest BCUT2D eigenvalue weighted by Gasteiger charge is -2.36. The van der Waals surface area contributed by atoms with Crippen molar-refractivity contribution in [3.8, 4) is 0 Å². The maximum atomic E-state index is 12.6. The summed E-state index contributed by atoms with van der Waals surface area (Å²) in [6, 6.07) is 8.55. The number of anilines is 1. The number of carbonyl (C=O) groups is 1. The fraction of sp³-hybridized carbons (Fsp3) is 0.650. The molecule has 1 amide bonds. The van der Waals surface area contributed by atoms with Gasteiger partial charge in [-0.1, -0.05) is 12.1 Å². The molecule has 144 valence electrons. The van der Waals surface area contributed by atoms with Crippen molar-refractivity contribution >= 4 is 11.6 Å². The number of hydrogen-bond donors (Lipinski definition) is 2. The number of aliphatic hydroxyl groups excluding tert-OH is 1. The second kappa shape index (κ2) is 8.37. The van der Waals surface area contributed by atoms with Crippen LogP contribution in [0.5, 0.6) is 0 Å². The van der Waals surface area contributed by atoms with Gasteiger partial charge in [-0.25, -0.2) is 0 Å². The first-order chi connectivity index (χ1) is 12.5. The van der Waals surface area contributed by atoms with Crippen molar-refractivity contribution in [2.75, 3.05) is 57.3 Å². The normalized spacial score (nSPS) is 25.2. The van der Waals surface area contributed by atoms with Gasteiger partial charge in [-0.15, -0.1) is 0 Å². The zero-order chi connectivity index (χ0) is 18.6. The van der Waals surface area contributed by atoms with Crippen LogP contribution in [0.15, 0.2) is 24.3 Å². The van der Waals surface area contributed by atoms with Crippen LogP contribution in [-0.2, 0) is 4.79 Å². The van der Waals surface area contributed by atoms with E-state index >= 15 is 0 Å². The zero-order valence-electron chi connectivity index (χ0n) is 15.7. The minimum atomic E-state index is -1.02. The molecule has 0 unspecified atom stereocenters. The third-order valence-electron chi connectivity index (χ3n) is 5.66. The van der Waals surface area contributed by atoms with Gasteiger partial charge in [0.05, 0.1) is 18.8 Å². The Morgan fingerprint density at radius 2 is 1.88 bits per heavy atom.